The van der Waals surface area contributed by atoms with Crippen LogP contribution < -0.4 is 10.1 Å². The monoisotopic (exact) mass is 306 g/mol. The number of benzene rings is 1. The number of hydrogen-bond donors (Lipinski definition) is 1. The maximum absolute atomic E-state index is 12.5. The SMILES string of the molecule is COc1cc(C)ccc1C1CNCCN1C(=O)OC(C)(C)C. The largest absolute Gasteiger partial charge is 0.496 e. The predicted molar refractivity (Wildman–Crippen MR) is 86.3 cm³/mol. The molecule has 1 aromatic rings. The van der Waals surface area contributed by atoms with E-state index in [0.29, 0.717) is 13.1 Å². The van der Waals surface area contributed by atoms with Gasteiger partial charge in [0, 0.05) is 25.2 Å². The van der Waals surface area contributed by atoms with Gasteiger partial charge in [-0.3, -0.25) is 4.90 Å². The first-order valence-electron chi connectivity index (χ1n) is 7.66. The van der Waals surface area contributed by atoms with Gasteiger partial charge in [0.15, 0.2) is 0 Å². The zero-order valence-electron chi connectivity index (χ0n) is 14.1. The first-order chi connectivity index (χ1) is 10.3. The molecule has 1 aliphatic rings. The number of carbonyl (C=O) groups is 1. The topological polar surface area (TPSA) is 50.8 Å². The van der Waals surface area contributed by atoms with Crippen LogP contribution in [0.25, 0.3) is 0 Å². The summed E-state index contributed by atoms with van der Waals surface area (Å²) in [5.41, 5.74) is 1.64. The van der Waals surface area contributed by atoms with Gasteiger partial charge in [0.05, 0.1) is 13.2 Å². The van der Waals surface area contributed by atoms with Crippen molar-refractivity contribution in [2.45, 2.75) is 39.3 Å². The Kier molecular flexibility index (Phi) is 4.96. The van der Waals surface area contributed by atoms with Crippen molar-refractivity contribution in [1.29, 1.82) is 0 Å². The van der Waals surface area contributed by atoms with Crippen LogP contribution in [0.4, 0.5) is 4.79 Å². The summed E-state index contributed by atoms with van der Waals surface area (Å²) < 4.78 is 11.0. The molecule has 5 heteroatoms. The number of amides is 1. The third-order valence-corrected chi connectivity index (χ3v) is 3.62. The number of ether oxygens (including phenoxy) is 2. The standard InChI is InChI=1S/C17H26N2O3/c1-12-6-7-13(15(10-12)21-5)14-11-18-8-9-19(14)16(20)22-17(2,3)4/h6-7,10,14,18H,8-9,11H2,1-5H3. The smallest absolute Gasteiger partial charge is 0.410 e. The van der Waals surface area contributed by atoms with Crippen molar-refractivity contribution in [3.63, 3.8) is 0 Å². The first-order valence-corrected chi connectivity index (χ1v) is 7.66. The minimum absolute atomic E-state index is 0.0841. The highest BCUT2D eigenvalue weighted by Gasteiger charge is 2.32. The second kappa shape index (κ2) is 6.57. The molecule has 1 aliphatic heterocycles. The minimum Gasteiger partial charge on any atom is -0.496 e. The summed E-state index contributed by atoms with van der Waals surface area (Å²) in [5.74, 6) is 0.808. The van der Waals surface area contributed by atoms with E-state index in [1.54, 1.807) is 12.0 Å². The lowest BCUT2D eigenvalue weighted by molar-refractivity contribution is 0.0116. The molecule has 1 amide bonds. The van der Waals surface area contributed by atoms with E-state index < -0.39 is 5.60 Å². The summed E-state index contributed by atoms with van der Waals surface area (Å²) in [7, 11) is 1.66. The Morgan fingerprint density at radius 3 is 2.73 bits per heavy atom. The third kappa shape index (κ3) is 3.91. The van der Waals surface area contributed by atoms with E-state index in [1.165, 1.54) is 0 Å². The van der Waals surface area contributed by atoms with Gasteiger partial charge in [0.25, 0.3) is 0 Å². The molecule has 1 aromatic carbocycles. The van der Waals surface area contributed by atoms with E-state index in [-0.39, 0.29) is 12.1 Å². The number of nitrogens with one attached hydrogen (secondary N) is 1. The van der Waals surface area contributed by atoms with Gasteiger partial charge in [-0.05, 0) is 39.3 Å². The molecule has 0 aliphatic carbocycles. The predicted octanol–water partition coefficient (Wildman–Crippen LogP) is 2.89. The molecule has 0 spiro atoms. The molecule has 1 fully saturated rings. The molecule has 5 nitrogen and oxygen atoms in total. The summed E-state index contributed by atoms with van der Waals surface area (Å²) in [6.07, 6.45) is -0.276. The van der Waals surface area contributed by atoms with Crippen LogP contribution in [0.3, 0.4) is 0 Å². The maximum atomic E-state index is 12.5. The van der Waals surface area contributed by atoms with Gasteiger partial charge < -0.3 is 14.8 Å². The third-order valence-electron chi connectivity index (χ3n) is 3.62. The molecule has 1 N–H and O–H groups in total. The highest BCUT2D eigenvalue weighted by molar-refractivity contribution is 5.69. The second-order valence-electron chi connectivity index (χ2n) is 6.64. The Morgan fingerprint density at radius 1 is 1.36 bits per heavy atom. The molecule has 0 aromatic heterocycles. The Bertz CT molecular complexity index is 537. The van der Waals surface area contributed by atoms with Gasteiger partial charge in [-0.15, -0.1) is 0 Å². The van der Waals surface area contributed by atoms with Crippen LogP contribution in [0.1, 0.15) is 37.9 Å². The summed E-state index contributed by atoms with van der Waals surface area (Å²) in [4.78, 5) is 14.3. The number of aryl methyl sites for hydroxylation is 1. The van der Waals surface area contributed by atoms with Gasteiger partial charge in [0.2, 0.25) is 0 Å². The van der Waals surface area contributed by atoms with Crippen molar-refractivity contribution in [1.82, 2.24) is 10.2 Å². The van der Waals surface area contributed by atoms with Crippen LogP contribution in [-0.2, 0) is 4.74 Å². The van der Waals surface area contributed by atoms with E-state index in [9.17, 15) is 4.79 Å². The molecule has 1 saturated heterocycles. The Labute approximate surface area is 132 Å². The molecular weight excluding hydrogens is 280 g/mol. The Morgan fingerprint density at radius 2 is 2.09 bits per heavy atom. The van der Waals surface area contributed by atoms with Gasteiger partial charge in [-0.2, -0.15) is 0 Å². The van der Waals surface area contributed by atoms with E-state index >= 15 is 0 Å². The Hall–Kier alpha value is -1.75. The fraction of sp³-hybridized carbons (Fsp3) is 0.588. The minimum atomic E-state index is -0.496. The van der Waals surface area contributed by atoms with Gasteiger partial charge in [-0.1, -0.05) is 12.1 Å². The molecule has 1 unspecified atom stereocenters. The van der Waals surface area contributed by atoms with Gasteiger partial charge >= 0.3 is 6.09 Å². The molecule has 22 heavy (non-hydrogen) atoms. The molecule has 0 radical (unpaired) electrons. The summed E-state index contributed by atoms with van der Waals surface area (Å²) >= 11 is 0. The lowest BCUT2D eigenvalue weighted by atomic mass is 10.0. The summed E-state index contributed by atoms with van der Waals surface area (Å²) in [6.45, 7) is 9.76. The Balaban J connectivity index is 2.28. The number of methoxy groups -OCH3 is 1. The van der Waals surface area contributed by atoms with Crippen LogP contribution in [0.2, 0.25) is 0 Å². The van der Waals surface area contributed by atoms with E-state index in [2.05, 4.69) is 5.32 Å². The maximum Gasteiger partial charge on any atom is 0.410 e. The van der Waals surface area contributed by atoms with Crippen molar-refractivity contribution >= 4 is 6.09 Å². The van der Waals surface area contributed by atoms with Crippen LogP contribution in [0.15, 0.2) is 18.2 Å². The highest BCUT2D eigenvalue weighted by atomic mass is 16.6. The quantitative estimate of drug-likeness (QED) is 0.913. The lowest BCUT2D eigenvalue weighted by Crippen LogP contribution is -2.50. The molecule has 1 heterocycles. The molecular formula is C17H26N2O3. The van der Waals surface area contributed by atoms with Crippen molar-refractivity contribution in [3.8, 4) is 5.75 Å². The zero-order chi connectivity index (χ0) is 16.3. The average molecular weight is 306 g/mol. The van der Waals surface area contributed by atoms with E-state index in [1.807, 2.05) is 45.9 Å². The number of hydrogen-bond acceptors (Lipinski definition) is 4. The fourth-order valence-electron chi connectivity index (χ4n) is 2.61. The average Bonchev–Trinajstić information content (AvgIpc) is 2.45. The van der Waals surface area contributed by atoms with Crippen LogP contribution in [-0.4, -0.2) is 43.3 Å². The molecule has 122 valence electrons. The number of nitrogens with zero attached hydrogens (tertiary/aromatic N) is 1. The van der Waals surface area contributed by atoms with Gasteiger partial charge in [-0.25, -0.2) is 4.79 Å². The lowest BCUT2D eigenvalue weighted by Gasteiger charge is -2.37. The second-order valence-corrected chi connectivity index (χ2v) is 6.64. The normalized spacial score (nSPS) is 19.0. The molecule has 1 atom stereocenters. The fourth-order valence-corrected chi connectivity index (χ4v) is 2.61. The number of carbonyl (C=O) groups excluding carboxylic acids is 1. The number of piperazine rings is 1. The first kappa shape index (κ1) is 16.6. The van der Waals surface area contributed by atoms with Crippen molar-refractivity contribution < 1.29 is 14.3 Å². The van der Waals surface area contributed by atoms with E-state index in [4.69, 9.17) is 9.47 Å². The van der Waals surface area contributed by atoms with Crippen LogP contribution in [0.5, 0.6) is 5.75 Å². The van der Waals surface area contributed by atoms with Gasteiger partial charge in [0.1, 0.15) is 11.4 Å². The highest BCUT2D eigenvalue weighted by Crippen LogP contribution is 2.32. The molecule has 0 bridgehead atoms. The van der Waals surface area contributed by atoms with E-state index in [0.717, 1.165) is 23.4 Å². The van der Waals surface area contributed by atoms with Crippen molar-refractivity contribution in [3.05, 3.63) is 29.3 Å². The van der Waals surface area contributed by atoms with Crippen LogP contribution >= 0.6 is 0 Å². The summed E-state index contributed by atoms with van der Waals surface area (Å²) in [6, 6.07) is 5.99. The zero-order valence-corrected chi connectivity index (χ0v) is 14.1. The molecule has 2 rings (SSSR count). The molecule has 0 saturated carbocycles. The van der Waals surface area contributed by atoms with Crippen LogP contribution in [0, 0.1) is 6.92 Å². The number of rotatable bonds is 2. The van der Waals surface area contributed by atoms with Crippen molar-refractivity contribution in [2.75, 3.05) is 26.7 Å². The van der Waals surface area contributed by atoms with Crippen molar-refractivity contribution in [2.24, 2.45) is 0 Å². The summed E-state index contributed by atoms with van der Waals surface area (Å²) in [5, 5.41) is 3.34.